The monoisotopic (exact) mass is 377 g/mol. The van der Waals surface area contributed by atoms with Crippen LogP contribution in [-0.4, -0.2) is 24.0 Å². The summed E-state index contributed by atoms with van der Waals surface area (Å²) in [5.41, 5.74) is 5.05. The van der Waals surface area contributed by atoms with Gasteiger partial charge in [0.15, 0.2) is 5.13 Å². The largest absolute Gasteiger partial charge is 0.316 e. The van der Waals surface area contributed by atoms with Gasteiger partial charge in [-0.2, -0.15) is 0 Å². The van der Waals surface area contributed by atoms with Crippen LogP contribution in [0.4, 0.5) is 5.13 Å². The molecule has 4 nitrogen and oxygen atoms in total. The summed E-state index contributed by atoms with van der Waals surface area (Å²) in [5.74, 6) is 0.728. The third kappa shape index (κ3) is 4.40. The maximum atomic E-state index is 12.1. The molecule has 25 heavy (non-hydrogen) atoms. The van der Waals surface area contributed by atoms with E-state index in [1.807, 2.05) is 5.38 Å². The third-order valence-corrected chi connectivity index (χ3v) is 5.84. The molecule has 1 unspecified atom stereocenters. The molecule has 1 saturated heterocycles. The lowest BCUT2D eigenvalue weighted by Crippen LogP contribution is -2.14. The average molecular weight is 378 g/mol. The number of nitrogens with one attached hydrogen (secondary N) is 2. The molecule has 1 aromatic heterocycles. The Bertz CT molecular complexity index is 740. The Labute approximate surface area is 158 Å². The molecule has 1 fully saturated rings. The van der Waals surface area contributed by atoms with Crippen LogP contribution in [0.25, 0.3) is 11.3 Å². The minimum absolute atomic E-state index is 0. The molecule has 2 aromatic rings. The first-order chi connectivity index (χ1) is 11.8. The fourth-order valence-electron chi connectivity index (χ4n) is 3.67. The second-order valence-corrected chi connectivity index (χ2v) is 7.68. The summed E-state index contributed by atoms with van der Waals surface area (Å²) in [4.78, 5) is 16.7. The smallest absolute Gasteiger partial charge is 0.226 e. The standard InChI is InChI=1S/C19H23N3OS.ClH/c23-18(7-4-13-8-9-20-11-13)22-19-21-17(12-24-19)16-6-5-14-2-1-3-15(14)10-16;/h5-6,10,12-13,20H,1-4,7-9,11H2,(H,21,22,23);1H. The van der Waals surface area contributed by atoms with Gasteiger partial charge in [0.1, 0.15) is 0 Å². The van der Waals surface area contributed by atoms with Gasteiger partial charge in [0.2, 0.25) is 5.91 Å². The molecule has 1 aliphatic carbocycles. The molecule has 6 heteroatoms. The van der Waals surface area contributed by atoms with E-state index in [1.54, 1.807) is 0 Å². The molecule has 0 saturated carbocycles. The number of aromatic nitrogens is 1. The molecule has 1 amide bonds. The zero-order valence-electron chi connectivity index (χ0n) is 14.2. The minimum Gasteiger partial charge on any atom is -0.316 e. The van der Waals surface area contributed by atoms with E-state index in [4.69, 9.17) is 0 Å². The van der Waals surface area contributed by atoms with Gasteiger partial charge in [-0.1, -0.05) is 12.1 Å². The number of anilines is 1. The van der Waals surface area contributed by atoms with Crippen molar-refractivity contribution in [1.29, 1.82) is 0 Å². The van der Waals surface area contributed by atoms with Crippen LogP contribution in [0.5, 0.6) is 0 Å². The Hall–Kier alpha value is -1.43. The van der Waals surface area contributed by atoms with Crippen molar-refractivity contribution < 1.29 is 4.79 Å². The molecule has 2 N–H and O–H groups in total. The van der Waals surface area contributed by atoms with Crippen LogP contribution in [0.2, 0.25) is 0 Å². The zero-order chi connectivity index (χ0) is 16.4. The highest BCUT2D eigenvalue weighted by Gasteiger charge is 2.17. The van der Waals surface area contributed by atoms with Gasteiger partial charge in [0, 0.05) is 17.4 Å². The Morgan fingerprint density at radius 2 is 2.20 bits per heavy atom. The highest BCUT2D eigenvalue weighted by Crippen LogP contribution is 2.30. The number of rotatable bonds is 5. The van der Waals surface area contributed by atoms with E-state index >= 15 is 0 Å². The van der Waals surface area contributed by atoms with Crippen molar-refractivity contribution >= 4 is 34.8 Å². The van der Waals surface area contributed by atoms with E-state index in [2.05, 4.69) is 33.8 Å². The van der Waals surface area contributed by atoms with E-state index < -0.39 is 0 Å². The molecule has 0 spiro atoms. The van der Waals surface area contributed by atoms with Gasteiger partial charge in [-0.25, -0.2) is 4.98 Å². The van der Waals surface area contributed by atoms with Crippen molar-refractivity contribution in [2.75, 3.05) is 18.4 Å². The van der Waals surface area contributed by atoms with Crippen LogP contribution in [0.1, 0.15) is 36.8 Å². The van der Waals surface area contributed by atoms with E-state index in [-0.39, 0.29) is 18.3 Å². The van der Waals surface area contributed by atoms with E-state index in [0.717, 1.165) is 30.8 Å². The second-order valence-electron chi connectivity index (χ2n) is 6.82. The summed E-state index contributed by atoms with van der Waals surface area (Å²) in [7, 11) is 0. The number of fused-ring (bicyclic) bond motifs is 1. The van der Waals surface area contributed by atoms with Crippen LogP contribution < -0.4 is 10.6 Å². The van der Waals surface area contributed by atoms with Crippen molar-refractivity contribution in [3.05, 3.63) is 34.7 Å². The number of thiazole rings is 1. The van der Waals surface area contributed by atoms with Crippen LogP contribution in [0.3, 0.4) is 0 Å². The summed E-state index contributed by atoms with van der Waals surface area (Å²) in [6.07, 6.45) is 6.36. The lowest BCUT2D eigenvalue weighted by Gasteiger charge is -2.07. The average Bonchev–Trinajstić information content (AvgIpc) is 3.33. The number of hydrogen-bond acceptors (Lipinski definition) is 4. The highest BCUT2D eigenvalue weighted by molar-refractivity contribution is 7.14. The molecule has 1 atom stereocenters. The number of halogens is 1. The zero-order valence-corrected chi connectivity index (χ0v) is 15.8. The molecule has 4 rings (SSSR count). The third-order valence-electron chi connectivity index (χ3n) is 5.09. The van der Waals surface area contributed by atoms with Gasteiger partial charge >= 0.3 is 0 Å². The highest BCUT2D eigenvalue weighted by atomic mass is 35.5. The first-order valence-electron chi connectivity index (χ1n) is 8.86. The van der Waals surface area contributed by atoms with Crippen molar-refractivity contribution in [2.45, 2.75) is 38.5 Å². The SMILES string of the molecule is Cl.O=C(CCC1CCNC1)Nc1nc(-c2ccc3c(c2)CCC3)cs1. The quantitative estimate of drug-likeness (QED) is 0.826. The van der Waals surface area contributed by atoms with Gasteiger partial charge in [-0.05, 0) is 68.3 Å². The predicted octanol–water partition coefficient (Wildman–Crippen LogP) is 4.05. The topological polar surface area (TPSA) is 54.0 Å². The normalized spacial score (nSPS) is 18.6. The fourth-order valence-corrected chi connectivity index (χ4v) is 4.41. The number of benzene rings is 1. The lowest BCUT2D eigenvalue weighted by atomic mass is 10.0. The fraction of sp³-hybridized carbons (Fsp3) is 0.474. The number of amides is 1. The van der Waals surface area contributed by atoms with Crippen LogP contribution in [-0.2, 0) is 17.6 Å². The Morgan fingerprint density at radius 3 is 3.04 bits per heavy atom. The van der Waals surface area contributed by atoms with Crippen LogP contribution in [0.15, 0.2) is 23.6 Å². The summed E-state index contributed by atoms with van der Waals surface area (Å²) in [6.45, 7) is 2.13. The Morgan fingerprint density at radius 1 is 1.32 bits per heavy atom. The van der Waals surface area contributed by atoms with E-state index in [9.17, 15) is 4.79 Å². The summed E-state index contributed by atoms with van der Waals surface area (Å²) < 4.78 is 0. The molecule has 134 valence electrons. The minimum atomic E-state index is 0. The summed E-state index contributed by atoms with van der Waals surface area (Å²) in [6, 6.07) is 6.64. The number of carbonyl (C=O) groups is 1. The molecular formula is C19H24ClN3OS. The molecule has 2 aliphatic rings. The summed E-state index contributed by atoms with van der Waals surface area (Å²) in [5, 5.41) is 9.04. The molecule has 0 bridgehead atoms. The van der Waals surface area contributed by atoms with Crippen molar-refractivity contribution in [2.24, 2.45) is 5.92 Å². The van der Waals surface area contributed by atoms with Crippen molar-refractivity contribution in [3.8, 4) is 11.3 Å². The van der Waals surface area contributed by atoms with Gasteiger partial charge < -0.3 is 10.6 Å². The Balaban J connectivity index is 0.00000182. The van der Waals surface area contributed by atoms with Gasteiger partial charge in [0.25, 0.3) is 0 Å². The molecule has 2 heterocycles. The van der Waals surface area contributed by atoms with Gasteiger partial charge in [-0.3, -0.25) is 4.79 Å². The molecule has 1 aliphatic heterocycles. The maximum absolute atomic E-state index is 12.1. The van der Waals surface area contributed by atoms with Crippen molar-refractivity contribution in [1.82, 2.24) is 10.3 Å². The lowest BCUT2D eigenvalue weighted by molar-refractivity contribution is -0.116. The van der Waals surface area contributed by atoms with E-state index in [0.29, 0.717) is 17.5 Å². The van der Waals surface area contributed by atoms with E-state index in [1.165, 1.54) is 48.1 Å². The first-order valence-corrected chi connectivity index (χ1v) is 9.74. The number of aryl methyl sites for hydroxylation is 2. The Kier molecular flexibility index (Phi) is 6.10. The summed E-state index contributed by atoms with van der Waals surface area (Å²) >= 11 is 1.51. The molecular weight excluding hydrogens is 354 g/mol. The predicted molar refractivity (Wildman–Crippen MR) is 106 cm³/mol. The van der Waals surface area contributed by atoms with Gasteiger partial charge in [0.05, 0.1) is 5.69 Å². The molecule has 1 aromatic carbocycles. The first kappa shape index (κ1) is 18.4. The maximum Gasteiger partial charge on any atom is 0.226 e. The number of hydrogen-bond donors (Lipinski definition) is 2. The second kappa shape index (κ2) is 8.30. The van der Waals surface area contributed by atoms with Crippen LogP contribution >= 0.6 is 23.7 Å². The van der Waals surface area contributed by atoms with Crippen LogP contribution in [0, 0.1) is 5.92 Å². The number of nitrogens with zero attached hydrogens (tertiary/aromatic N) is 1. The van der Waals surface area contributed by atoms with Gasteiger partial charge in [-0.15, -0.1) is 23.7 Å². The van der Waals surface area contributed by atoms with Crippen molar-refractivity contribution in [3.63, 3.8) is 0 Å². The number of carbonyl (C=O) groups excluding carboxylic acids is 1. The molecule has 0 radical (unpaired) electrons.